The van der Waals surface area contributed by atoms with E-state index in [1.807, 2.05) is 61.5 Å². The van der Waals surface area contributed by atoms with Crippen LogP contribution >= 0.6 is 0 Å². The summed E-state index contributed by atoms with van der Waals surface area (Å²) in [6.45, 7) is 2.63. The highest BCUT2D eigenvalue weighted by atomic mass is 32.2. The molecule has 112 valence electrons. The molecule has 0 aliphatic carbocycles. The number of hydrogen-bond acceptors (Lipinski definition) is 3. The summed E-state index contributed by atoms with van der Waals surface area (Å²) in [6.07, 6.45) is -0.726. The molecule has 0 aliphatic heterocycles. The Labute approximate surface area is 128 Å². The third-order valence-corrected chi connectivity index (χ3v) is 4.53. The van der Waals surface area contributed by atoms with E-state index in [9.17, 15) is 9.32 Å². The SMILES string of the molecule is Cc1ccc([S@](=O)C[C@H](O)COCc2ccccc2)cc1. The monoisotopic (exact) mass is 304 g/mol. The number of benzene rings is 2. The number of aliphatic hydroxyl groups excluding tert-OH is 1. The summed E-state index contributed by atoms with van der Waals surface area (Å²) in [4.78, 5) is 0.739. The third kappa shape index (κ3) is 5.42. The minimum absolute atomic E-state index is 0.187. The lowest BCUT2D eigenvalue weighted by Crippen LogP contribution is -2.22. The summed E-state index contributed by atoms with van der Waals surface area (Å²) in [5.74, 6) is 0.192. The van der Waals surface area contributed by atoms with Crippen molar-refractivity contribution in [3.05, 3.63) is 65.7 Å². The second kappa shape index (κ2) is 8.08. The van der Waals surface area contributed by atoms with Crippen LogP contribution in [0.4, 0.5) is 0 Å². The number of ether oxygens (including phenoxy) is 1. The summed E-state index contributed by atoms with van der Waals surface area (Å²) >= 11 is 0. The summed E-state index contributed by atoms with van der Waals surface area (Å²) in [5.41, 5.74) is 2.19. The van der Waals surface area contributed by atoms with Gasteiger partial charge in [0.1, 0.15) is 0 Å². The maximum Gasteiger partial charge on any atom is 0.0892 e. The Hall–Kier alpha value is -1.49. The van der Waals surface area contributed by atoms with E-state index in [1.54, 1.807) is 0 Å². The highest BCUT2D eigenvalue weighted by molar-refractivity contribution is 7.85. The van der Waals surface area contributed by atoms with Crippen LogP contribution in [0.5, 0.6) is 0 Å². The number of hydrogen-bond donors (Lipinski definition) is 1. The second-order valence-electron chi connectivity index (χ2n) is 4.98. The molecule has 0 radical (unpaired) electrons. The molecule has 0 saturated heterocycles. The first-order valence-corrected chi connectivity index (χ1v) is 8.22. The standard InChI is InChI=1S/C17H20O3S/c1-14-7-9-17(10-8-14)21(19)13-16(18)12-20-11-15-5-3-2-4-6-15/h2-10,16,18H,11-13H2,1H3/t16-,21-/m1/s1. The van der Waals surface area contributed by atoms with Crippen LogP contribution in [0.1, 0.15) is 11.1 Å². The average Bonchev–Trinajstić information content (AvgIpc) is 2.49. The van der Waals surface area contributed by atoms with Gasteiger partial charge in [0.15, 0.2) is 0 Å². The average molecular weight is 304 g/mol. The lowest BCUT2D eigenvalue weighted by atomic mass is 10.2. The Morgan fingerprint density at radius 2 is 1.76 bits per heavy atom. The van der Waals surface area contributed by atoms with Crippen molar-refractivity contribution in [2.75, 3.05) is 12.4 Å². The van der Waals surface area contributed by atoms with Gasteiger partial charge in [-0.25, -0.2) is 0 Å². The van der Waals surface area contributed by atoms with Gasteiger partial charge < -0.3 is 9.84 Å². The van der Waals surface area contributed by atoms with Crippen molar-refractivity contribution in [1.82, 2.24) is 0 Å². The maximum absolute atomic E-state index is 12.1. The molecule has 0 saturated carbocycles. The number of aliphatic hydroxyl groups is 1. The Morgan fingerprint density at radius 1 is 1.10 bits per heavy atom. The Bertz CT molecular complexity index is 566. The lowest BCUT2D eigenvalue weighted by Gasteiger charge is -2.11. The fourth-order valence-corrected chi connectivity index (χ4v) is 2.97. The van der Waals surface area contributed by atoms with Gasteiger partial charge in [0.25, 0.3) is 0 Å². The first kappa shape index (κ1) is 15.9. The van der Waals surface area contributed by atoms with E-state index in [4.69, 9.17) is 4.74 Å². The second-order valence-corrected chi connectivity index (χ2v) is 6.48. The first-order chi connectivity index (χ1) is 10.1. The predicted molar refractivity (Wildman–Crippen MR) is 84.6 cm³/mol. The molecule has 2 rings (SSSR count). The van der Waals surface area contributed by atoms with Crippen molar-refractivity contribution in [3.8, 4) is 0 Å². The predicted octanol–water partition coefficient (Wildman–Crippen LogP) is 2.68. The van der Waals surface area contributed by atoms with E-state index >= 15 is 0 Å². The molecule has 0 amide bonds. The van der Waals surface area contributed by atoms with E-state index in [0.29, 0.717) is 6.61 Å². The molecule has 0 aliphatic rings. The molecule has 0 unspecified atom stereocenters. The number of aryl methyl sites for hydroxylation is 1. The molecule has 2 atom stereocenters. The van der Waals surface area contributed by atoms with Crippen LogP contribution in [0.3, 0.4) is 0 Å². The zero-order chi connectivity index (χ0) is 15.1. The van der Waals surface area contributed by atoms with E-state index in [1.165, 1.54) is 0 Å². The molecule has 2 aromatic rings. The molecule has 3 nitrogen and oxygen atoms in total. The van der Waals surface area contributed by atoms with Gasteiger partial charge in [0, 0.05) is 4.90 Å². The van der Waals surface area contributed by atoms with Gasteiger partial charge >= 0.3 is 0 Å². The van der Waals surface area contributed by atoms with Crippen molar-refractivity contribution < 1.29 is 14.1 Å². The van der Waals surface area contributed by atoms with Gasteiger partial charge in [-0.3, -0.25) is 4.21 Å². The summed E-state index contributed by atoms with van der Waals surface area (Å²) < 4.78 is 17.5. The van der Waals surface area contributed by atoms with E-state index in [0.717, 1.165) is 16.0 Å². The fourth-order valence-electron chi connectivity index (χ4n) is 1.90. The molecule has 0 aromatic heterocycles. The minimum atomic E-state index is -1.20. The van der Waals surface area contributed by atoms with Gasteiger partial charge in [-0.05, 0) is 24.6 Å². The van der Waals surface area contributed by atoms with Gasteiger partial charge in [-0.15, -0.1) is 0 Å². The van der Waals surface area contributed by atoms with Gasteiger partial charge in [0.2, 0.25) is 0 Å². The molecule has 21 heavy (non-hydrogen) atoms. The molecular formula is C17H20O3S. The zero-order valence-electron chi connectivity index (χ0n) is 12.1. The van der Waals surface area contributed by atoms with Crippen LogP contribution in [0.25, 0.3) is 0 Å². The molecular weight excluding hydrogens is 284 g/mol. The van der Waals surface area contributed by atoms with Crippen molar-refractivity contribution in [3.63, 3.8) is 0 Å². The summed E-state index contributed by atoms with van der Waals surface area (Å²) in [7, 11) is -1.20. The quantitative estimate of drug-likeness (QED) is 0.855. The largest absolute Gasteiger partial charge is 0.390 e. The van der Waals surface area contributed by atoms with Crippen molar-refractivity contribution in [1.29, 1.82) is 0 Å². The smallest absolute Gasteiger partial charge is 0.0892 e. The van der Waals surface area contributed by atoms with Gasteiger partial charge in [0.05, 0.1) is 35.9 Å². The molecule has 0 heterocycles. The van der Waals surface area contributed by atoms with Crippen LogP contribution in [-0.4, -0.2) is 27.8 Å². The van der Waals surface area contributed by atoms with Gasteiger partial charge in [-0.1, -0.05) is 48.0 Å². The molecule has 1 N–H and O–H groups in total. The molecule has 0 spiro atoms. The van der Waals surface area contributed by atoms with Crippen LogP contribution in [0.2, 0.25) is 0 Å². The highest BCUT2D eigenvalue weighted by Crippen LogP contribution is 2.10. The van der Waals surface area contributed by atoms with E-state index in [2.05, 4.69) is 0 Å². The highest BCUT2D eigenvalue weighted by Gasteiger charge is 2.11. The maximum atomic E-state index is 12.1. The van der Waals surface area contributed by atoms with Crippen molar-refractivity contribution >= 4 is 10.8 Å². The molecule has 2 aromatic carbocycles. The minimum Gasteiger partial charge on any atom is -0.390 e. The molecule has 4 heteroatoms. The Kier molecular flexibility index (Phi) is 6.11. The van der Waals surface area contributed by atoms with Crippen LogP contribution in [0.15, 0.2) is 59.5 Å². The lowest BCUT2D eigenvalue weighted by molar-refractivity contribution is 0.0394. The van der Waals surface area contributed by atoms with Crippen LogP contribution < -0.4 is 0 Å². The van der Waals surface area contributed by atoms with Crippen LogP contribution in [0, 0.1) is 6.92 Å². The Balaban J connectivity index is 1.75. The van der Waals surface area contributed by atoms with E-state index < -0.39 is 16.9 Å². The Morgan fingerprint density at radius 3 is 2.43 bits per heavy atom. The zero-order valence-corrected chi connectivity index (χ0v) is 12.9. The van der Waals surface area contributed by atoms with Crippen molar-refractivity contribution in [2.24, 2.45) is 0 Å². The van der Waals surface area contributed by atoms with Gasteiger partial charge in [-0.2, -0.15) is 0 Å². The van der Waals surface area contributed by atoms with Crippen molar-refractivity contribution in [2.45, 2.75) is 24.5 Å². The molecule has 0 fully saturated rings. The van der Waals surface area contributed by atoms with Crippen LogP contribution in [-0.2, 0) is 22.1 Å². The topological polar surface area (TPSA) is 46.5 Å². The number of rotatable bonds is 7. The first-order valence-electron chi connectivity index (χ1n) is 6.90. The third-order valence-electron chi connectivity index (χ3n) is 3.05. The summed E-state index contributed by atoms with van der Waals surface area (Å²) in [5, 5.41) is 9.90. The molecule has 0 bridgehead atoms. The normalized spacial score (nSPS) is 13.8. The summed E-state index contributed by atoms with van der Waals surface area (Å²) in [6, 6.07) is 17.3. The fraction of sp³-hybridized carbons (Fsp3) is 0.294. The van der Waals surface area contributed by atoms with E-state index in [-0.39, 0.29) is 12.4 Å².